The van der Waals surface area contributed by atoms with Crippen molar-refractivity contribution in [1.82, 2.24) is 5.32 Å². The van der Waals surface area contributed by atoms with Crippen molar-refractivity contribution in [3.63, 3.8) is 0 Å². The van der Waals surface area contributed by atoms with Gasteiger partial charge in [-0.05, 0) is 46.0 Å². The highest BCUT2D eigenvalue weighted by molar-refractivity contribution is 5.72. The van der Waals surface area contributed by atoms with Gasteiger partial charge in [0.15, 0.2) is 0 Å². The molecule has 0 spiro atoms. The Kier molecular flexibility index (Phi) is 6.13. The minimum absolute atomic E-state index is 0.140. The summed E-state index contributed by atoms with van der Waals surface area (Å²) < 4.78 is 5.30. The Morgan fingerprint density at radius 2 is 1.94 bits per heavy atom. The third-order valence-electron chi connectivity index (χ3n) is 3.62. The summed E-state index contributed by atoms with van der Waals surface area (Å²) in [5.41, 5.74) is -0.379. The van der Waals surface area contributed by atoms with Gasteiger partial charge in [0.05, 0.1) is 6.54 Å². The van der Waals surface area contributed by atoms with Crippen LogP contribution in [0.15, 0.2) is 0 Å². The predicted molar refractivity (Wildman–Crippen MR) is 74.5 cm³/mol. The molecule has 2 atom stereocenters. The maximum Gasteiger partial charge on any atom is 0.320 e. The summed E-state index contributed by atoms with van der Waals surface area (Å²) in [5, 5.41) is 3.35. The SMILES string of the molecule is CCC1CCCC(NCC(=O)OC(C)(C)C)CC1. The van der Waals surface area contributed by atoms with Gasteiger partial charge in [-0.15, -0.1) is 0 Å². The molecular weight excluding hydrogens is 226 g/mol. The third kappa shape index (κ3) is 6.39. The molecule has 0 aromatic rings. The van der Waals surface area contributed by atoms with E-state index < -0.39 is 0 Å². The monoisotopic (exact) mass is 255 g/mol. The van der Waals surface area contributed by atoms with Gasteiger partial charge in [-0.3, -0.25) is 4.79 Å². The first kappa shape index (κ1) is 15.5. The minimum atomic E-state index is -0.379. The van der Waals surface area contributed by atoms with E-state index in [2.05, 4.69) is 12.2 Å². The van der Waals surface area contributed by atoms with Gasteiger partial charge in [-0.25, -0.2) is 0 Å². The summed E-state index contributed by atoms with van der Waals surface area (Å²) >= 11 is 0. The van der Waals surface area contributed by atoms with Crippen LogP contribution >= 0.6 is 0 Å². The maximum atomic E-state index is 11.6. The molecule has 1 rings (SSSR count). The molecule has 2 unspecified atom stereocenters. The van der Waals surface area contributed by atoms with Crippen LogP contribution in [-0.2, 0) is 9.53 Å². The summed E-state index contributed by atoms with van der Waals surface area (Å²) in [5.74, 6) is 0.747. The van der Waals surface area contributed by atoms with Crippen LogP contribution in [0.25, 0.3) is 0 Å². The number of hydrogen-bond donors (Lipinski definition) is 1. The smallest absolute Gasteiger partial charge is 0.320 e. The van der Waals surface area contributed by atoms with E-state index in [1.165, 1.54) is 38.5 Å². The van der Waals surface area contributed by atoms with Crippen LogP contribution in [0.1, 0.15) is 66.2 Å². The molecule has 1 aliphatic carbocycles. The number of carbonyl (C=O) groups excluding carboxylic acids is 1. The zero-order chi connectivity index (χ0) is 13.6. The predicted octanol–water partition coefficient (Wildman–Crippen LogP) is 3.28. The number of esters is 1. The summed E-state index contributed by atoms with van der Waals surface area (Å²) in [6.45, 7) is 8.34. The average Bonchev–Trinajstić information content (AvgIpc) is 2.49. The molecule has 1 fully saturated rings. The molecule has 3 nitrogen and oxygen atoms in total. The molecule has 1 saturated carbocycles. The van der Waals surface area contributed by atoms with Gasteiger partial charge < -0.3 is 10.1 Å². The zero-order valence-electron chi connectivity index (χ0n) is 12.4. The van der Waals surface area contributed by atoms with Gasteiger partial charge in [0.2, 0.25) is 0 Å². The van der Waals surface area contributed by atoms with Crippen molar-refractivity contribution in [2.75, 3.05) is 6.54 Å². The lowest BCUT2D eigenvalue weighted by Crippen LogP contribution is -2.37. The van der Waals surface area contributed by atoms with Gasteiger partial charge in [-0.2, -0.15) is 0 Å². The molecule has 0 aliphatic heterocycles. The highest BCUT2D eigenvalue weighted by Crippen LogP contribution is 2.25. The van der Waals surface area contributed by atoms with Crippen molar-refractivity contribution in [2.24, 2.45) is 5.92 Å². The third-order valence-corrected chi connectivity index (χ3v) is 3.62. The van der Waals surface area contributed by atoms with Crippen molar-refractivity contribution >= 4 is 5.97 Å². The molecule has 18 heavy (non-hydrogen) atoms. The largest absolute Gasteiger partial charge is 0.459 e. The van der Waals surface area contributed by atoms with Crippen LogP contribution in [0, 0.1) is 5.92 Å². The molecule has 0 saturated heterocycles. The van der Waals surface area contributed by atoms with E-state index in [1.54, 1.807) is 0 Å². The average molecular weight is 255 g/mol. The van der Waals surface area contributed by atoms with Crippen molar-refractivity contribution in [3.8, 4) is 0 Å². The summed E-state index contributed by atoms with van der Waals surface area (Å²) in [6, 6.07) is 0.495. The van der Waals surface area contributed by atoms with Crippen molar-refractivity contribution in [3.05, 3.63) is 0 Å². The highest BCUT2D eigenvalue weighted by Gasteiger charge is 2.20. The summed E-state index contributed by atoms with van der Waals surface area (Å²) in [6.07, 6.45) is 7.60. The molecule has 3 heteroatoms. The Balaban J connectivity index is 2.25. The molecule has 1 aliphatic rings. The molecule has 0 amide bonds. The molecule has 0 heterocycles. The fraction of sp³-hybridized carbons (Fsp3) is 0.933. The lowest BCUT2D eigenvalue weighted by Gasteiger charge is -2.21. The Morgan fingerprint density at radius 1 is 1.22 bits per heavy atom. The van der Waals surface area contributed by atoms with E-state index in [1.807, 2.05) is 20.8 Å². The zero-order valence-corrected chi connectivity index (χ0v) is 12.4. The molecule has 0 radical (unpaired) electrons. The van der Waals surface area contributed by atoms with Crippen LogP contribution in [0.4, 0.5) is 0 Å². The van der Waals surface area contributed by atoms with Gasteiger partial charge >= 0.3 is 5.97 Å². The van der Waals surface area contributed by atoms with Crippen molar-refractivity contribution in [1.29, 1.82) is 0 Å². The Morgan fingerprint density at radius 3 is 2.56 bits per heavy atom. The molecule has 0 aromatic carbocycles. The van der Waals surface area contributed by atoms with Gasteiger partial charge in [-0.1, -0.05) is 26.2 Å². The van der Waals surface area contributed by atoms with E-state index >= 15 is 0 Å². The van der Waals surface area contributed by atoms with E-state index in [0.717, 1.165) is 5.92 Å². The first-order valence-electron chi connectivity index (χ1n) is 7.36. The number of carbonyl (C=O) groups is 1. The lowest BCUT2D eigenvalue weighted by molar-refractivity contribution is -0.153. The van der Waals surface area contributed by atoms with Crippen LogP contribution < -0.4 is 5.32 Å². The lowest BCUT2D eigenvalue weighted by atomic mass is 9.98. The van der Waals surface area contributed by atoms with E-state index in [4.69, 9.17) is 4.74 Å². The van der Waals surface area contributed by atoms with E-state index in [-0.39, 0.29) is 11.6 Å². The van der Waals surface area contributed by atoms with Gasteiger partial charge in [0, 0.05) is 6.04 Å². The molecular formula is C15H29NO2. The molecule has 0 bridgehead atoms. The normalized spacial score (nSPS) is 25.6. The van der Waals surface area contributed by atoms with Crippen LogP contribution in [-0.4, -0.2) is 24.2 Å². The molecule has 0 aromatic heterocycles. The standard InChI is InChI=1S/C15H29NO2/c1-5-12-7-6-8-13(10-9-12)16-11-14(17)18-15(2,3)4/h12-13,16H,5-11H2,1-4H3. The number of hydrogen-bond acceptors (Lipinski definition) is 3. The number of rotatable bonds is 4. The fourth-order valence-electron chi connectivity index (χ4n) is 2.60. The van der Waals surface area contributed by atoms with Gasteiger partial charge in [0.25, 0.3) is 0 Å². The van der Waals surface area contributed by atoms with Crippen LogP contribution in [0.5, 0.6) is 0 Å². The molecule has 1 N–H and O–H groups in total. The van der Waals surface area contributed by atoms with Crippen LogP contribution in [0.2, 0.25) is 0 Å². The topological polar surface area (TPSA) is 38.3 Å². The van der Waals surface area contributed by atoms with E-state index in [9.17, 15) is 4.79 Å². The maximum absolute atomic E-state index is 11.6. The minimum Gasteiger partial charge on any atom is -0.459 e. The summed E-state index contributed by atoms with van der Waals surface area (Å²) in [7, 11) is 0. The Hall–Kier alpha value is -0.570. The van der Waals surface area contributed by atoms with Crippen molar-refractivity contribution in [2.45, 2.75) is 77.9 Å². The Labute approximate surface area is 112 Å². The number of ether oxygens (including phenoxy) is 1. The van der Waals surface area contributed by atoms with E-state index in [0.29, 0.717) is 12.6 Å². The first-order valence-corrected chi connectivity index (χ1v) is 7.36. The number of nitrogens with one attached hydrogen (secondary N) is 1. The second kappa shape index (κ2) is 7.13. The second-order valence-corrected chi connectivity index (χ2v) is 6.45. The van der Waals surface area contributed by atoms with Gasteiger partial charge in [0.1, 0.15) is 5.60 Å². The first-order chi connectivity index (χ1) is 8.40. The van der Waals surface area contributed by atoms with Crippen molar-refractivity contribution < 1.29 is 9.53 Å². The molecule has 106 valence electrons. The fourth-order valence-corrected chi connectivity index (χ4v) is 2.60. The summed E-state index contributed by atoms with van der Waals surface area (Å²) in [4.78, 5) is 11.6. The Bertz CT molecular complexity index is 258. The quantitative estimate of drug-likeness (QED) is 0.619. The highest BCUT2D eigenvalue weighted by atomic mass is 16.6. The van der Waals surface area contributed by atoms with Crippen LogP contribution in [0.3, 0.4) is 0 Å². The second-order valence-electron chi connectivity index (χ2n) is 6.45.